The lowest BCUT2D eigenvalue weighted by molar-refractivity contribution is -0.113. The van der Waals surface area contributed by atoms with Crippen LogP contribution in [0.3, 0.4) is 0 Å². The molecule has 1 saturated heterocycles. The number of nitrogens with one attached hydrogen (secondary N) is 1. The van der Waals surface area contributed by atoms with Crippen LogP contribution in [-0.2, 0) is 22.6 Å². The van der Waals surface area contributed by atoms with Crippen LogP contribution in [0.2, 0.25) is 0 Å². The lowest BCUT2D eigenvalue weighted by Crippen LogP contribution is -2.22. The standard InChI is InChI=1S/C20H23N7O2S2/c1-13-14(2)26(10-15-5-3-7-29-15)19(17(13)9-21)22-18(28)12-31-20-23-24-25-27(20)11-16-6-4-8-30-16/h4,6,8,15H,3,5,7,10-12H2,1-2H3,(H,22,28)/t15-/m0/s1. The van der Waals surface area contributed by atoms with Crippen molar-refractivity contribution >= 4 is 34.8 Å². The van der Waals surface area contributed by atoms with Crippen molar-refractivity contribution in [1.29, 1.82) is 5.26 Å². The number of nitrogens with zero attached hydrogens (tertiary/aromatic N) is 6. The molecule has 1 fully saturated rings. The van der Waals surface area contributed by atoms with E-state index >= 15 is 0 Å². The Morgan fingerprint density at radius 3 is 3.06 bits per heavy atom. The predicted octanol–water partition coefficient (Wildman–Crippen LogP) is 2.98. The highest BCUT2D eigenvalue weighted by atomic mass is 32.2. The molecule has 1 N–H and O–H groups in total. The van der Waals surface area contributed by atoms with E-state index in [-0.39, 0.29) is 17.8 Å². The van der Waals surface area contributed by atoms with Gasteiger partial charge in [0.2, 0.25) is 11.1 Å². The second-order valence-electron chi connectivity index (χ2n) is 7.33. The number of thiophene rings is 1. The van der Waals surface area contributed by atoms with Crippen LogP contribution in [0.1, 0.15) is 34.5 Å². The maximum absolute atomic E-state index is 12.8. The molecular weight excluding hydrogens is 434 g/mol. The summed E-state index contributed by atoms with van der Waals surface area (Å²) in [5, 5.41) is 27.0. The zero-order valence-electron chi connectivity index (χ0n) is 17.4. The first-order valence-corrected chi connectivity index (χ1v) is 11.9. The molecule has 0 spiro atoms. The molecule has 0 radical (unpaired) electrons. The van der Waals surface area contributed by atoms with E-state index in [1.807, 2.05) is 35.9 Å². The fourth-order valence-corrected chi connectivity index (χ4v) is 4.96. The van der Waals surface area contributed by atoms with Gasteiger partial charge in [0.25, 0.3) is 0 Å². The van der Waals surface area contributed by atoms with Gasteiger partial charge in [-0.2, -0.15) is 5.26 Å². The molecule has 1 aliphatic rings. The van der Waals surface area contributed by atoms with Gasteiger partial charge in [0, 0.05) is 17.2 Å². The zero-order valence-corrected chi connectivity index (χ0v) is 19.0. The number of nitriles is 1. The van der Waals surface area contributed by atoms with Crippen molar-refractivity contribution in [2.24, 2.45) is 0 Å². The number of tetrazole rings is 1. The van der Waals surface area contributed by atoms with E-state index in [2.05, 4.69) is 26.9 Å². The van der Waals surface area contributed by atoms with E-state index in [9.17, 15) is 10.1 Å². The van der Waals surface area contributed by atoms with Crippen molar-refractivity contribution in [1.82, 2.24) is 24.8 Å². The molecule has 1 aliphatic heterocycles. The summed E-state index contributed by atoms with van der Waals surface area (Å²) in [5.41, 5.74) is 2.34. The van der Waals surface area contributed by atoms with Crippen LogP contribution in [0.5, 0.6) is 0 Å². The van der Waals surface area contributed by atoms with E-state index in [4.69, 9.17) is 4.74 Å². The largest absolute Gasteiger partial charge is 0.376 e. The molecule has 162 valence electrons. The zero-order chi connectivity index (χ0) is 21.8. The van der Waals surface area contributed by atoms with Gasteiger partial charge in [-0.3, -0.25) is 4.79 Å². The van der Waals surface area contributed by atoms with E-state index in [1.165, 1.54) is 11.8 Å². The summed E-state index contributed by atoms with van der Waals surface area (Å²) >= 11 is 2.90. The fraction of sp³-hybridized carbons (Fsp3) is 0.450. The van der Waals surface area contributed by atoms with Crippen LogP contribution in [0, 0.1) is 25.2 Å². The molecule has 31 heavy (non-hydrogen) atoms. The van der Waals surface area contributed by atoms with Gasteiger partial charge in [-0.25, -0.2) is 4.68 Å². The Hall–Kier alpha value is -2.68. The highest BCUT2D eigenvalue weighted by Gasteiger charge is 2.24. The molecule has 1 amide bonds. The number of rotatable bonds is 8. The molecule has 0 bridgehead atoms. The van der Waals surface area contributed by atoms with Crippen molar-refractivity contribution in [3.8, 4) is 6.07 Å². The lowest BCUT2D eigenvalue weighted by atomic mass is 10.2. The van der Waals surface area contributed by atoms with Gasteiger partial charge in [0.1, 0.15) is 11.9 Å². The number of anilines is 1. The molecule has 0 aliphatic carbocycles. The van der Waals surface area contributed by atoms with Crippen molar-refractivity contribution in [2.45, 2.75) is 51.0 Å². The molecule has 0 aromatic carbocycles. The Labute approximate surface area is 188 Å². The summed E-state index contributed by atoms with van der Waals surface area (Å²) in [6.07, 6.45) is 2.12. The Balaban J connectivity index is 1.45. The van der Waals surface area contributed by atoms with Crippen molar-refractivity contribution in [2.75, 3.05) is 17.7 Å². The number of amides is 1. The Morgan fingerprint density at radius 1 is 1.48 bits per heavy atom. The molecule has 1 atom stereocenters. The van der Waals surface area contributed by atoms with Gasteiger partial charge in [0.15, 0.2) is 0 Å². The monoisotopic (exact) mass is 457 g/mol. The number of hydrogen-bond donors (Lipinski definition) is 1. The highest BCUT2D eigenvalue weighted by Crippen LogP contribution is 2.29. The molecular formula is C20H23N7O2S2. The van der Waals surface area contributed by atoms with Gasteiger partial charge in [-0.1, -0.05) is 17.8 Å². The minimum Gasteiger partial charge on any atom is -0.376 e. The number of carbonyl (C=O) groups is 1. The van der Waals surface area contributed by atoms with Crippen LogP contribution in [0.4, 0.5) is 5.82 Å². The van der Waals surface area contributed by atoms with Gasteiger partial charge in [0.05, 0.1) is 30.5 Å². The third-order valence-electron chi connectivity index (χ3n) is 5.33. The Kier molecular flexibility index (Phi) is 6.70. The average Bonchev–Trinajstić information content (AvgIpc) is 3.55. The quantitative estimate of drug-likeness (QED) is 0.518. The molecule has 11 heteroatoms. The smallest absolute Gasteiger partial charge is 0.235 e. The normalized spacial score (nSPS) is 15.8. The molecule has 4 heterocycles. The summed E-state index contributed by atoms with van der Waals surface area (Å²) in [4.78, 5) is 13.9. The van der Waals surface area contributed by atoms with E-state index in [0.29, 0.717) is 29.6 Å². The van der Waals surface area contributed by atoms with E-state index in [1.54, 1.807) is 16.0 Å². The van der Waals surface area contributed by atoms with Crippen molar-refractivity contribution in [3.63, 3.8) is 0 Å². The van der Waals surface area contributed by atoms with Gasteiger partial charge < -0.3 is 14.6 Å². The topological polar surface area (TPSA) is 111 Å². The number of aromatic nitrogens is 5. The minimum absolute atomic E-state index is 0.101. The first-order chi connectivity index (χ1) is 15.1. The molecule has 4 rings (SSSR count). The van der Waals surface area contributed by atoms with Crippen molar-refractivity contribution in [3.05, 3.63) is 39.2 Å². The SMILES string of the molecule is Cc1c(C#N)c(NC(=O)CSc2nnnn2Cc2cccs2)n(C[C@@H]2CCCO2)c1C. The molecule has 0 saturated carbocycles. The van der Waals surface area contributed by atoms with E-state index in [0.717, 1.165) is 35.6 Å². The third kappa shape index (κ3) is 4.81. The summed E-state index contributed by atoms with van der Waals surface area (Å²) in [6, 6.07) is 6.24. The lowest BCUT2D eigenvalue weighted by Gasteiger charge is -2.16. The van der Waals surface area contributed by atoms with Crippen LogP contribution >= 0.6 is 23.1 Å². The van der Waals surface area contributed by atoms with E-state index < -0.39 is 0 Å². The number of hydrogen-bond acceptors (Lipinski definition) is 8. The molecule has 3 aromatic heterocycles. The first kappa shape index (κ1) is 21.5. The summed E-state index contributed by atoms with van der Waals surface area (Å²) in [7, 11) is 0. The van der Waals surface area contributed by atoms with Crippen molar-refractivity contribution < 1.29 is 9.53 Å². The third-order valence-corrected chi connectivity index (χ3v) is 7.14. The fourth-order valence-electron chi connectivity index (χ4n) is 3.60. The second kappa shape index (κ2) is 9.64. The number of thioether (sulfide) groups is 1. The predicted molar refractivity (Wildman–Crippen MR) is 118 cm³/mol. The number of ether oxygens (including phenoxy) is 1. The molecule has 9 nitrogen and oxygen atoms in total. The summed E-state index contributed by atoms with van der Waals surface area (Å²) in [6.45, 7) is 5.82. The Bertz CT molecular complexity index is 1090. The minimum atomic E-state index is -0.210. The van der Waals surface area contributed by atoms with Crippen LogP contribution < -0.4 is 5.32 Å². The molecule has 0 unspecified atom stereocenters. The first-order valence-electron chi connectivity index (χ1n) is 9.99. The average molecular weight is 458 g/mol. The van der Waals surface area contributed by atoms with Gasteiger partial charge >= 0.3 is 0 Å². The van der Waals surface area contributed by atoms with Gasteiger partial charge in [-0.15, -0.1) is 16.4 Å². The molecule has 3 aromatic rings. The summed E-state index contributed by atoms with van der Waals surface area (Å²) < 4.78 is 9.44. The maximum atomic E-state index is 12.8. The van der Waals surface area contributed by atoms with Crippen LogP contribution in [0.15, 0.2) is 22.7 Å². The Morgan fingerprint density at radius 2 is 2.35 bits per heavy atom. The van der Waals surface area contributed by atoms with Gasteiger partial charge in [-0.05, 0) is 54.1 Å². The second-order valence-corrected chi connectivity index (χ2v) is 9.30. The number of carbonyl (C=O) groups excluding carboxylic acids is 1. The van der Waals surface area contributed by atoms with Crippen LogP contribution in [0.25, 0.3) is 0 Å². The van der Waals surface area contributed by atoms with Crippen LogP contribution in [-0.4, -0.2) is 49.1 Å². The summed E-state index contributed by atoms with van der Waals surface area (Å²) in [5.74, 6) is 0.467. The maximum Gasteiger partial charge on any atom is 0.235 e. The highest BCUT2D eigenvalue weighted by molar-refractivity contribution is 7.99.